The van der Waals surface area contributed by atoms with Crippen LogP contribution in [0.4, 0.5) is 9.59 Å². The second-order valence-electron chi connectivity index (χ2n) is 11.3. The van der Waals surface area contributed by atoms with Gasteiger partial charge in [-0.1, -0.05) is 26.2 Å². The standard InChI is InChI=1S/C25H46N6O4/c1-8-21-26-27-28-31(21)19-13-17-29(22(32)34-24(2,3)4)16-12-18-30(20-14-10-9-11-15-20)23(33)35-25(5,6)7/h20H,8-19H2,1-7H3. The first kappa shape index (κ1) is 28.8. The van der Waals surface area contributed by atoms with E-state index in [1.807, 2.05) is 53.4 Å². The fourth-order valence-corrected chi connectivity index (χ4v) is 4.25. The number of carbonyl (C=O) groups is 2. The summed E-state index contributed by atoms with van der Waals surface area (Å²) in [5, 5.41) is 11.8. The monoisotopic (exact) mass is 494 g/mol. The lowest BCUT2D eigenvalue weighted by Gasteiger charge is -2.36. The van der Waals surface area contributed by atoms with Gasteiger partial charge in [-0.2, -0.15) is 0 Å². The minimum absolute atomic E-state index is 0.195. The summed E-state index contributed by atoms with van der Waals surface area (Å²) < 4.78 is 13.1. The Labute approximate surface area is 210 Å². The summed E-state index contributed by atoms with van der Waals surface area (Å²) in [5.41, 5.74) is -1.12. The van der Waals surface area contributed by atoms with Gasteiger partial charge in [0, 0.05) is 38.6 Å². The average molecular weight is 495 g/mol. The molecule has 0 N–H and O–H groups in total. The Kier molecular flexibility index (Phi) is 10.8. The van der Waals surface area contributed by atoms with Crippen molar-refractivity contribution in [1.82, 2.24) is 30.0 Å². The molecule has 1 aromatic heterocycles. The van der Waals surface area contributed by atoms with Gasteiger partial charge in [0.15, 0.2) is 5.82 Å². The lowest BCUT2D eigenvalue weighted by molar-refractivity contribution is 0.00995. The van der Waals surface area contributed by atoms with Crippen LogP contribution in [0, 0.1) is 0 Å². The van der Waals surface area contributed by atoms with E-state index in [4.69, 9.17) is 9.47 Å². The van der Waals surface area contributed by atoms with Crippen molar-refractivity contribution in [1.29, 1.82) is 0 Å². The second-order valence-corrected chi connectivity index (χ2v) is 11.3. The lowest BCUT2D eigenvalue weighted by Crippen LogP contribution is -2.46. The molecule has 1 fully saturated rings. The Hall–Kier alpha value is -2.39. The smallest absolute Gasteiger partial charge is 0.410 e. The van der Waals surface area contributed by atoms with Crippen LogP contribution in [0.1, 0.15) is 99.2 Å². The molecule has 0 atom stereocenters. The maximum atomic E-state index is 13.0. The number of aromatic nitrogens is 4. The average Bonchev–Trinajstić information content (AvgIpc) is 3.21. The van der Waals surface area contributed by atoms with Crippen LogP contribution in [0.15, 0.2) is 0 Å². The van der Waals surface area contributed by atoms with Crippen LogP contribution in [0.5, 0.6) is 0 Å². The topological polar surface area (TPSA) is 103 Å². The molecule has 0 bridgehead atoms. The molecule has 35 heavy (non-hydrogen) atoms. The highest BCUT2D eigenvalue weighted by Crippen LogP contribution is 2.25. The summed E-state index contributed by atoms with van der Waals surface area (Å²) >= 11 is 0. The SMILES string of the molecule is CCc1nnnn1CCCN(CCCN(C(=O)OC(C)(C)C)C1CCCCC1)C(=O)OC(C)(C)C. The summed E-state index contributed by atoms with van der Waals surface area (Å²) in [6, 6.07) is 0.195. The van der Waals surface area contributed by atoms with Crippen molar-refractivity contribution in [3.8, 4) is 0 Å². The highest BCUT2D eigenvalue weighted by Gasteiger charge is 2.30. The Morgan fingerprint density at radius 2 is 1.51 bits per heavy atom. The fourth-order valence-electron chi connectivity index (χ4n) is 4.25. The van der Waals surface area contributed by atoms with E-state index in [0.29, 0.717) is 39.0 Å². The summed E-state index contributed by atoms with van der Waals surface area (Å²) in [4.78, 5) is 29.5. The van der Waals surface area contributed by atoms with E-state index in [1.165, 1.54) is 6.42 Å². The molecule has 1 heterocycles. The van der Waals surface area contributed by atoms with Gasteiger partial charge in [-0.05, 0) is 77.7 Å². The van der Waals surface area contributed by atoms with E-state index < -0.39 is 11.2 Å². The van der Waals surface area contributed by atoms with E-state index in [-0.39, 0.29) is 18.2 Å². The highest BCUT2D eigenvalue weighted by molar-refractivity contribution is 5.69. The fraction of sp³-hybridized carbons (Fsp3) is 0.880. The molecule has 1 aliphatic carbocycles. The number of nitrogens with zero attached hydrogens (tertiary/aromatic N) is 6. The first-order valence-electron chi connectivity index (χ1n) is 13.1. The minimum atomic E-state index is -0.578. The molecule has 10 heteroatoms. The number of amides is 2. The van der Waals surface area contributed by atoms with Crippen molar-refractivity contribution in [3.63, 3.8) is 0 Å². The largest absolute Gasteiger partial charge is 0.444 e. The van der Waals surface area contributed by atoms with Crippen LogP contribution in [0.25, 0.3) is 0 Å². The number of hydrogen-bond donors (Lipinski definition) is 0. The third-order valence-corrected chi connectivity index (χ3v) is 5.84. The Morgan fingerprint density at radius 1 is 0.914 bits per heavy atom. The van der Waals surface area contributed by atoms with Gasteiger partial charge >= 0.3 is 12.2 Å². The van der Waals surface area contributed by atoms with E-state index in [1.54, 1.807) is 9.58 Å². The van der Waals surface area contributed by atoms with Gasteiger partial charge in [0.2, 0.25) is 0 Å². The van der Waals surface area contributed by atoms with Gasteiger partial charge in [0.1, 0.15) is 11.2 Å². The molecule has 2 rings (SSSR count). The van der Waals surface area contributed by atoms with Crippen molar-refractivity contribution in [2.75, 3.05) is 19.6 Å². The molecule has 1 saturated carbocycles. The summed E-state index contributed by atoms with van der Waals surface area (Å²) in [5.74, 6) is 0.828. The molecule has 1 aromatic rings. The zero-order valence-corrected chi connectivity index (χ0v) is 22.9. The number of rotatable bonds is 10. The molecular formula is C25H46N6O4. The predicted octanol–water partition coefficient (Wildman–Crippen LogP) is 4.82. The van der Waals surface area contributed by atoms with Gasteiger partial charge in [-0.15, -0.1) is 5.10 Å². The van der Waals surface area contributed by atoms with E-state index >= 15 is 0 Å². The van der Waals surface area contributed by atoms with E-state index in [0.717, 1.165) is 37.9 Å². The summed E-state index contributed by atoms with van der Waals surface area (Å²) in [7, 11) is 0. The van der Waals surface area contributed by atoms with Crippen LogP contribution in [0.3, 0.4) is 0 Å². The molecule has 10 nitrogen and oxygen atoms in total. The first-order chi connectivity index (χ1) is 16.4. The normalized spacial score (nSPS) is 15.1. The number of aryl methyl sites for hydroxylation is 2. The van der Waals surface area contributed by atoms with Crippen LogP contribution in [0.2, 0.25) is 0 Å². The van der Waals surface area contributed by atoms with Gasteiger partial charge in [0.05, 0.1) is 0 Å². The Balaban J connectivity index is 2.01. The van der Waals surface area contributed by atoms with Crippen LogP contribution in [-0.2, 0) is 22.4 Å². The molecule has 2 amide bonds. The third-order valence-electron chi connectivity index (χ3n) is 5.84. The highest BCUT2D eigenvalue weighted by atomic mass is 16.6. The number of hydrogen-bond acceptors (Lipinski definition) is 7. The summed E-state index contributed by atoms with van der Waals surface area (Å²) in [6.45, 7) is 15.5. The quantitative estimate of drug-likeness (QED) is 0.459. The van der Waals surface area contributed by atoms with Crippen LogP contribution in [-0.4, -0.2) is 79.1 Å². The Morgan fingerprint density at radius 3 is 2.11 bits per heavy atom. The maximum Gasteiger partial charge on any atom is 0.410 e. The third kappa shape index (κ3) is 10.4. The molecule has 200 valence electrons. The number of ether oxygens (including phenoxy) is 2. The lowest BCUT2D eigenvalue weighted by atomic mass is 9.94. The Bertz CT molecular complexity index is 793. The molecule has 0 saturated heterocycles. The molecule has 0 aromatic carbocycles. The zero-order chi connectivity index (χ0) is 26.1. The number of carbonyl (C=O) groups excluding carboxylic acids is 2. The summed E-state index contributed by atoms with van der Waals surface area (Å²) in [6.07, 6.45) is 6.98. The van der Waals surface area contributed by atoms with Crippen molar-refractivity contribution in [2.45, 2.75) is 124 Å². The van der Waals surface area contributed by atoms with Gasteiger partial charge in [-0.3, -0.25) is 0 Å². The van der Waals surface area contributed by atoms with Crippen molar-refractivity contribution >= 4 is 12.2 Å². The molecule has 0 radical (unpaired) electrons. The van der Waals surface area contributed by atoms with Crippen LogP contribution < -0.4 is 0 Å². The number of tetrazole rings is 1. The maximum absolute atomic E-state index is 13.0. The van der Waals surface area contributed by atoms with Gasteiger partial charge < -0.3 is 19.3 Å². The minimum Gasteiger partial charge on any atom is -0.444 e. The molecule has 1 aliphatic rings. The molecule has 0 spiro atoms. The molecule has 0 aliphatic heterocycles. The molecular weight excluding hydrogens is 448 g/mol. The van der Waals surface area contributed by atoms with E-state index in [2.05, 4.69) is 15.5 Å². The molecule has 0 unspecified atom stereocenters. The van der Waals surface area contributed by atoms with E-state index in [9.17, 15) is 9.59 Å². The van der Waals surface area contributed by atoms with Gasteiger partial charge in [-0.25, -0.2) is 14.3 Å². The zero-order valence-electron chi connectivity index (χ0n) is 22.9. The van der Waals surface area contributed by atoms with Crippen molar-refractivity contribution < 1.29 is 19.1 Å². The van der Waals surface area contributed by atoms with Gasteiger partial charge in [0.25, 0.3) is 0 Å². The van der Waals surface area contributed by atoms with Crippen molar-refractivity contribution in [2.24, 2.45) is 0 Å². The second kappa shape index (κ2) is 13.1. The predicted molar refractivity (Wildman–Crippen MR) is 134 cm³/mol. The first-order valence-corrected chi connectivity index (χ1v) is 13.1. The van der Waals surface area contributed by atoms with Crippen LogP contribution >= 0.6 is 0 Å². The van der Waals surface area contributed by atoms with Crippen molar-refractivity contribution in [3.05, 3.63) is 5.82 Å².